The number of piperidine rings is 1. The molecule has 3 nitrogen and oxygen atoms in total. The summed E-state index contributed by atoms with van der Waals surface area (Å²) in [7, 11) is 0. The number of hydrogen-bond acceptors (Lipinski definition) is 3. The Kier molecular flexibility index (Phi) is 3.93. The second-order valence-corrected chi connectivity index (χ2v) is 5.50. The second-order valence-electron chi connectivity index (χ2n) is 5.50. The first kappa shape index (κ1) is 13.4. The zero-order valence-corrected chi connectivity index (χ0v) is 11.3. The number of nitrogens with zero attached hydrogens (tertiary/aromatic N) is 1. The smallest absolute Gasteiger partial charge is 0.0807 e. The Bertz CT molecular complexity index is 403. The highest BCUT2D eigenvalue weighted by atomic mass is 16.3. The minimum atomic E-state index is -0.622. The van der Waals surface area contributed by atoms with Crippen LogP contribution in [-0.4, -0.2) is 28.9 Å². The monoisotopic (exact) mass is 249 g/mol. The van der Waals surface area contributed by atoms with Gasteiger partial charge in [-0.25, -0.2) is 0 Å². The Morgan fingerprint density at radius 3 is 2.78 bits per heavy atom. The Morgan fingerprint density at radius 2 is 2.11 bits per heavy atom. The lowest BCUT2D eigenvalue weighted by molar-refractivity contribution is 0.0447. The largest absolute Gasteiger partial charge is 0.388 e. The molecule has 0 amide bonds. The summed E-state index contributed by atoms with van der Waals surface area (Å²) in [5.41, 5.74) is 1.41. The molecule has 18 heavy (non-hydrogen) atoms. The van der Waals surface area contributed by atoms with Crippen LogP contribution in [0.15, 0.2) is 24.3 Å². The van der Waals surface area contributed by atoms with Crippen LogP contribution in [0.5, 0.6) is 0 Å². The van der Waals surface area contributed by atoms with Gasteiger partial charge in [-0.05, 0) is 32.3 Å². The summed E-state index contributed by atoms with van der Waals surface area (Å²) >= 11 is 0. The SMILES string of the molecule is CCC(O)c1ccccc1N1CCCC(C)(O)C1. The van der Waals surface area contributed by atoms with Gasteiger partial charge in [0.25, 0.3) is 0 Å². The maximum atomic E-state index is 10.2. The molecule has 2 atom stereocenters. The number of aliphatic hydroxyl groups is 2. The van der Waals surface area contributed by atoms with E-state index in [4.69, 9.17) is 0 Å². The zero-order chi connectivity index (χ0) is 13.2. The molecule has 0 bridgehead atoms. The van der Waals surface area contributed by atoms with E-state index in [-0.39, 0.29) is 0 Å². The van der Waals surface area contributed by atoms with Crippen molar-refractivity contribution in [1.29, 1.82) is 0 Å². The van der Waals surface area contributed by atoms with Gasteiger partial charge in [-0.2, -0.15) is 0 Å². The van der Waals surface area contributed by atoms with E-state index in [0.29, 0.717) is 13.0 Å². The van der Waals surface area contributed by atoms with Gasteiger partial charge < -0.3 is 15.1 Å². The molecule has 3 heteroatoms. The van der Waals surface area contributed by atoms with Gasteiger partial charge in [0.1, 0.15) is 0 Å². The number of benzene rings is 1. The molecule has 0 aliphatic carbocycles. The normalized spacial score (nSPS) is 26.1. The van der Waals surface area contributed by atoms with E-state index in [9.17, 15) is 10.2 Å². The van der Waals surface area contributed by atoms with Crippen molar-refractivity contribution in [3.63, 3.8) is 0 Å². The van der Waals surface area contributed by atoms with E-state index in [1.54, 1.807) is 0 Å². The minimum Gasteiger partial charge on any atom is -0.388 e. The molecule has 1 aromatic rings. The molecular weight excluding hydrogens is 226 g/mol. The fraction of sp³-hybridized carbons (Fsp3) is 0.600. The van der Waals surface area contributed by atoms with Crippen LogP contribution >= 0.6 is 0 Å². The van der Waals surface area contributed by atoms with Crippen molar-refractivity contribution < 1.29 is 10.2 Å². The Hall–Kier alpha value is -1.06. The first-order chi connectivity index (χ1) is 8.53. The van der Waals surface area contributed by atoms with Gasteiger partial charge in [0.15, 0.2) is 0 Å². The summed E-state index contributed by atoms with van der Waals surface area (Å²) in [6.45, 7) is 5.45. The van der Waals surface area contributed by atoms with Gasteiger partial charge in [0.2, 0.25) is 0 Å². The van der Waals surface area contributed by atoms with E-state index >= 15 is 0 Å². The van der Waals surface area contributed by atoms with Gasteiger partial charge in [-0.3, -0.25) is 0 Å². The van der Waals surface area contributed by atoms with Crippen LogP contribution in [0.1, 0.15) is 44.8 Å². The van der Waals surface area contributed by atoms with Crippen molar-refractivity contribution in [1.82, 2.24) is 0 Å². The summed E-state index contributed by atoms with van der Waals surface area (Å²) in [6, 6.07) is 7.97. The lowest BCUT2D eigenvalue weighted by Gasteiger charge is -2.39. The van der Waals surface area contributed by atoms with Crippen LogP contribution in [0.4, 0.5) is 5.69 Å². The average Bonchev–Trinajstić information content (AvgIpc) is 2.36. The minimum absolute atomic E-state index is 0.423. The molecule has 2 unspecified atom stereocenters. The third-order valence-electron chi connectivity index (χ3n) is 3.70. The number of anilines is 1. The lowest BCUT2D eigenvalue weighted by atomic mass is 9.93. The quantitative estimate of drug-likeness (QED) is 0.865. The van der Waals surface area contributed by atoms with Crippen LogP contribution < -0.4 is 4.90 Å². The highest BCUT2D eigenvalue weighted by Crippen LogP contribution is 2.32. The summed E-state index contributed by atoms with van der Waals surface area (Å²) in [5, 5.41) is 20.3. The van der Waals surface area contributed by atoms with E-state index in [0.717, 1.165) is 30.6 Å². The Morgan fingerprint density at radius 1 is 1.39 bits per heavy atom. The second kappa shape index (κ2) is 5.29. The van der Waals surface area contributed by atoms with E-state index in [2.05, 4.69) is 4.90 Å². The molecule has 1 heterocycles. The van der Waals surface area contributed by atoms with E-state index in [1.807, 2.05) is 38.1 Å². The number of rotatable bonds is 3. The highest BCUT2D eigenvalue weighted by Gasteiger charge is 2.29. The first-order valence-corrected chi connectivity index (χ1v) is 6.78. The van der Waals surface area contributed by atoms with Crippen molar-refractivity contribution >= 4 is 5.69 Å². The molecule has 2 rings (SSSR count). The highest BCUT2D eigenvalue weighted by molar-refractivity contribution is 5.55. The van der Waals surface area contributed by atoms with Crippen molar-refractivity contribution in [3.8, 4) is 0 Å². The van der Waals surface area contributed by atoms with Gasteiger partial charge in [0.05, 0.1) is 11.7 Å². The fourth-order valence-corrected chi connectivity index (χ4v) is 2.70. The summed E-state index contributed by atoms with van der Waals surface area (Å²) < 4.78 is 0. The van der Waals surface area contributed by atoms with Crippen LogP contribution in [0.25, 0.3) is 0 Å². The van der Waals surface area contributed by atoms with Crippen LogP contribution in [0, 0.1) is 0 Å². The van der Waals surface area contributed by atoms with E-state index < -0.39 is 11.7 Å². The van der Waals surface area contributed by atoms with Gasteiger partial charge in [-0.15, -0.1) is 0 Å². The van der Waals surface area contributed by atoms with Crippen molar-refractivity contribution in [2.24, 2.45) is 0 Å². The molecule has 1 aromatic carbocycles. The topological polar surface area (TPSA) is 43.7 Å². The summed E-state index contributed by atoms with van der Waals surface area (Å²) in [5.74, 6) is 0. The molecule has 0 saturated carbocycles. The summed E-state index contributed by atoms with van der Waals surface area (Å²) in [4.78, 5) is 2.19. The third kappa shape index (κ3) is 2.85. The Balaban J connectivity index is 2.27. The molecular formula is C15H23NO2. The lowest BCUT2D eigenvalue weighted by Crippen LogP contribution is -2.46. The average molecular weight is 249 g/mol. The third-order valence-corrected chi connectivity index (χ3v) is 3.70. The molecule has 2 N–H and O–H groups in total. The summed E-state index contributed by atoms with van der Waals surface area (Å²) in [6.07, 6.45) is 2.13. The Labute approximate surface area is 109 Å². The van der Waals surface area contributed by atoms with Gasteiger partial charge >= 0.3 is 0 Å². The number of β-amino-alcohol motifs (C(OH)–C–C–N with tert-alkyl or cyclic N) is 1. The van der Waals surface area contributed by atoms with Gasteiger partial charge in [-0.1, -0.05) is 25.1 Å². The van der Waals surface area contributed by atoms with Crippen LogP contribution in [0.3, 0.4) is 0 Å². The predicted octanol–water partition coefficient (Wildman–Crippen LogP) is 2.48. The molecule has 1 aliphatic heterocycles. The molecule has 1 saturated heterocycles. The maximum Gasteiger partial charge on any atom is 0.0807 e. The van der Waals surface area contributed by atoms with Crippen molar-refractivity contribution in [3.05, 3.63) is 29.8 Å². The fourth-order valence-electron chi connectivity index (χ4n) is 2.70. The van der Waals surface area contributed by atoms with Crippen molar-refractivity contribution in [2.75, 3.05) is 18.0 Å². The first-order valence-electron chi connectivity index (χ1n) is 6.78. The number of aliphatic hydroxyl groups excluding tert-OH is 1. The molecule has 1 fully saturated rings. The number of hydrogen-bond donors (Lipinski definition) is 2. The molecule has 0 spiro atoms. The molecule has 100 valence electrons. The maximum absolute atomic E-state index is 10.2. The zero-order valence-electron chi connectivity index (χ0n) is 11.3. The van der Waals surface area contributed by atoms with Crippen LogP contribution in [0.2, 0.25) is 0 Å². The van der Waals surface area contributed by atoms with E-state index in [1.165, 1.54) is 0 Å². The van der Waals surface area contributed by atoms with Crippen molar-refractivity contribution in [2.45, 2.75) is 44.8 Å². The standard InChI is InChI=1S/C15H23NO2/c1-3-14(17)12-7-4-5-8-13(12)16-10-6-9-15(2,18)11-16/h4-5,7-8,14,17-18H,3,6,9-11H2,1-2H3. The molecule has 1 aliphatic rings. The molecule has 0 radical (unpaired) electrons. The van der Waals surface area contributed by atoms with Gasteiger partial charge in [0, 0.05) is 24.3 Å². The number of para-hydroxylation sites is 1. The predicted molar refractivity (Wildman–Crippen MR) is 73.8 cm³/mol. The molecule has 0 aromatic heterocycles. The van der Waals surface area contributed by atoms with Crippen LogP contribution in [-0.2, 0) is 0 Å².